The van der Waals surface area contributed by atoms with Crippen LogP contribution in [0.3, 0.4) is 0 Å². The molecule has 8 heteroatoms. The van der Waals surface area contributed by atoms with E-state index < -0.39 is 25.1 Å². The predicted molar refractivity (Wildman–Crippen MR) is 82.6 cm³/mol. The van der Waals surface area contributed by atoms with Gasteiger partial charge in [0, 0.05) is 13.1 Å². The van der Waals surface area contributed by atoms with E-state index in [-0.39, 0.29) is 34.7 Å². The van der Waals surface area contributed by atoms with Gasteiger partial charge in [-0.2, -0.15) is 4.31 Å². The zero-order chi connectivity index (χ0) is 15.8. The third kappa shape index (κ3) is 3.41. The number of benzene rings is 1. The van der Waals surface area contributed by atoms with Crippen LogP contribution in [-0.2, 0) is 19.9 Å². The predicted octanol–water partition coefficient (Wildman–Crippen LogP) is 1.78. The molecule has 0 aromatic heterocycles. The van der Waals surface area contributed by atoms with Gasteiger partial charge in [-0.15, -0.1) is 0 Å². The van der Waals surface area contributed by atoms with Gasteiger partial charge in [0.15, 0.2) is 9.84 Å². The molecule has 0 atom stereocenters. The minimum absolute atomic E-state index is 0.00259. The molecule has 1 aromatic rings. The van der Waals surface area contributed by atoms with E-state index in [4.69, 9.17) is 11.6 Å². The summed E-state index contributed by atoms with van der Waals surface area (Å²) in [5.74, 6) is 0.113. The van der Waals surface area contributed by atoms with Crippen molar-refractivity contribution < 1.29 is 16.8 Å². The van der Waals surface area contributed by atoms with Gasteiger partial charge in [0.25, 0.3) is 0 Å². The molecule has 1 aliphatic heterocycles. The topological polar surface area (TPSA) is 71.5 Å². The van der Waals surface area contributed by atoms with Gasteiger partial charge in [0.2, 0.25) is 10.0 Å². The van der Waals surface area contributed by atoms with Crippen molar-refractivity contribution in [2.45, 2.75) is 24.0 Å². The Balaban J connectivity index is 2.13. The van der Waals surface area contributed by atoms with Gasteiger partial charge >= 0.3 is 0 Å². The lowest BCUT2D eigenvalue weighted by Crippen LogP contribution is -2.57. The Morgan fingerprint density at radius 3 is 2.29 bits per heavy atom. The molecule has 0 radical (unpaired) electrons. The molecule has 0 saturated carbocycles. The average Bonchev–Trinajstić information content (AvgIpc) is 2.23. The summed E-state index contributed by atoms with van der Waals surface area (Å²) in [7, 11) is -6.97. The van der Waals surface area contributed by atoms with E-state index in [9.17, 15) is 16.8 Å². The van der Waals surface area contributed by atoms with Gasteiger partial charge in [-0.3, -0.25) is 0 Å². The SMILES string of the molecule is CC(C)CS(=O)(=O)C1CN(S(=O)(=O)c2ccccc2Cl)C1. The first kappa shape index (κ1) is 16.7. The minimum Gasteiger partial charge on any atom is -0.228 e. The Hall–Kier alpha value is -0.630. The summed E-state index contributed by atoms with van der Waals surface area (Å²) in [6.07, 6.45) is 0. The van der Waals surface area contributed by atoms with Crippen LogP contribution in [0.5, 0.6) is 0 Å². The maximum Gasteiger partial charge on any atom is 0.244 e. The maximum atomic E-state index is 12.4. The van der Waals surface area contributed by atoms with E-state index in [1.807, 2.05) is 13.8 Å². The van der Waals surface area contributed by atoms with Gasteiger partial charge in [0.1, 0.15) is 4.90 Å². The summed E-state index contributed by atoms with van der Waals surface area (Å²) >= 11 is 5.90. The summed E-state index contributed by atoms with van der Waals surface area (Å²) in [4.78, 5) is 0.0198. The smallest absolute Gasteiger partial charge is 0.228 e. The highest BCUT2D eigenvalue weighted by atomic mass is 35.5. The van der Waals surface area contributed by atoms with E-state index in [1.54, 1.807) is 12.1 Å². The Morgan fingerprint density at radius 1 is 1.19 bits per heavy atom. The molecule has 5 nitrogen and oxygen atoms in total. The van der Waals surface area contributed by atoms with E-state index in [1.165, 1.54) is 12.1 Å². The number of rotatable bonds is 5. The number of hydrogen-bond donors (Lipinski definition) is 0. The fraction of sp³-hybridized carbons (Fsp3) is 0.538. The quantitative estimate of drug-likeness (QED) is 0.810. The maximum absolute atomic E-state index is 12.4. The van der Waals surface area contributed by atoms with E-state index in [2.05, 4.69) is 0 Å². The molecule has 0 bridgehead atoms. The first-order chi connectivity index (χ1) is 9.64. The molecule has 0 amide bonds. The van der Waals surface area contributed by atoms with Crippen LogP contribution in [0.25, 0.3) is 0 Å². The number of nitrogens with zero attached hydrogens (tertiary/aromatic N) is 1. The minimum atomic E-state index is -3.72. The molecule has 0 aliphatic carbocycles. The Bertz CT molecular complexity index is 722. The summed E-state index contributed by atoms with van der Waals surface area (Å²) in [5.41, 5.74) is 0. The fourth-order valence-corrected chi connectivity index (χ4v) is 6.45. The molecule has 0 unspecified atom stereocenters. The van der Waals surface area contributed by atoms with E-state index in [0.717, 1.165) is 4.31 Å². The van der Waals surface area contributed by atoms with Crippen molar-refractivity contribution in [2.75, 3.05) is 18.8 Å². The normalized spacial score (nSPS) is 17.9. The average molecular weight is 352 g/mol. The third-order valence-electron chi connectivity index (χ3n) is 3.34. The van der Waals surface area contributed by atoms with Crippen LogP contribution in [0.1, 0.15) is 13.8 Å². The molecule has 1 heterocycles. The zero-order valence-electron chi connectivity index (χ0n) is 11.9. The van der Waals surface area contributed by atoms with Gasteiger partial charge in [-0.1, -0.05) is 37.6 Å². The van der Waals surface area contributed by atoms with Gasteiger partial charge in [-0.05, 0) is 18.1 Å². The standard InChI is InChI=1S/C13H18ClNO4S2/c1-10(2)9-20(16,17)11-7-15(8-11)21(18,19)13-6-4-3-5-12(13)14/h3-6,10-11H,7-9H2,1-2H3. The monoisotopic (exact) mass is 351 g/mol. The van der Waals surface area contributed by atoms with Gasteiger partial charge in [0.05, 0.1) is 16.0 Å². The summed E-state index contributed by atoms with van der Waals surface area (Å²) in [6, 6.07) is 6.16. The van der Waals surface area contributed by atoms with Gasteiger partial charge in [-0.25, -0.2) is 16.8 Å². The second-order valence-electron chi connectivity index (χ2n) is 5.60. The zero-order valence-corrected chi connectivity index (χ0v) is 14.2. The number of sulfonamides is 1. The van der Waals surface area contributed by atoms with Crippen LogP contribution in [-0.4, -0.2) is 45.2 Å². The van der Waals surface area contributed by atoms with Crippen molar-refractivity contribution in [1.29, 1.82) is 0 Å². The van der Waals surface area contributed by atoms with Crippen molar-refractivity contribution in [3.63, 3.8) is 0 Å². The van der Waals surface area contributed by atoms with E-state index in [0.29, 0.717) is 0 Å². The first-order valence-corrected chi connectivity index (χ1v) is 10.1. The molecule has 1 aliphatic rings. The highest BCUT2D eigenvalue weighted by molar-refractivity contribution is 7.92. The summed E-state index contributed by atoms with van der Waals surface area (Å²) in [6.45, 7) is 3.66. The molecule has 1 aromatic carbocycles. The number of sulfone groups is 1. The highest BCUT2D eigenvalue weighted by Crippen LogP contribution is 2.29. The molecule has 0 N–H and O–H groups in total. The molecular weight excluding hydrogens is 334 g/mol. The lowest BCUT2D eigenvalue weighted by molar-refractivity contribution is 0.309. The Kier molecular flexibility index (Phi) is 4.68. The van der Waals surface area contributed by atoms with Crippen LogP contribution < -0.4 is 0 Å². The first-order valence-electron chi connectivity index (χ1n) is 6.61. The third-order valence-corrected chi connectivity index (χ3v) is 8.12. The number of hydrogen-bond acceptors (Lipinski definition) is 4. The molecule has 1 saturated heterocycles. The summed E-state index contributed by atoms with van der Waals surface area (Å²) < 4.78 is 50.0. The summed E-state index contributed by atoms with van der Waals surface area (Å²) in [5, 5.41) is -0.469. The lowest BCUT2D eigenvalue weighted by atomic mass is 10.3. The molecule has 0 spiro atoms. The molecular formula is C13H18ClNO4S2. The fourth-order valence-electron chi connectivity index (χ4n) is 2.22. The van der Waals surface area contributed by atoms with Crippen molar-refractivity contribution >= 4 is 31.5 Å². The van der Waals surface area contributed by atoms with Crippen LogP contribution in [0.2, 0.25) is 5.02 Å². The Morgan fingerprint density at radius 2 is 1.76 bits per heavy atom. The van der Waals surface area contributed by atoms with Crippen LogP contribution >= 0.6 is 11.6 Å². The van der Waals surface area contributed by atoms with Crippen molar-refractivity contribution in [3.8, 4) is 0 Å². The van der Waals surface area contributed by atoms with Crippen molar-refractivity contribution in [2.24, 2.45) is 5.92 Å². The lowest BCUT2D eigenvalue weighted by Gasteiger charge is -2.37. The van der Waals surface area contributed by atoms with Gasteiger partial charge < -0.3 is 0 Å². The largest absolute Gasteiger partial charge is 0.244 e. The van der Waals surface area contributed by atoms with Crippen molar-refractivity contribution in [3.05, 3.63) is 29.3 Å². The van der Waals surface area contributed by atoms with Crippen LogP contribution in [0, 0.1) is 5.92 Å². The Labute approximate surface area is 130 Å². The number of halogens is 1. The van der Waals surface area contributed by atoms with Crippen LogP contribution in [0.15, 0.2) is 29.2 Å². The highest BCUT2D eigenvalue weighted by Gasteiger charge is 2.43. The van der Waals surface area contributed by atoms with E-state index >= 15 is 0 Å². The molecule has 1 fully saturated rings. The second kappa shape index (κ2) is 5.87. The van der Waals surface area contributed by atoms with Crippen molar-refractivity contribution in [1.82, 2.24) is 4.31 Å². The molecule has 21 heavy (non-hydrogen) atoms. The molecule has 118 valence electrons. The molecule has 2 rings (SSSR count). The van der Waals surface area contributed by atoms with Crippen LogP contribution in [0.4, 0.5) is 0 Å². The second-order valence-corrected chi connectivity index (χ2v) is 10.2.